The normalized spacial score (nSPS) is 11.0. The maximum absolute atomic E-state index is 10.3. The SMILES string of the molecule is CCCCSOP(CCC=O)OSCCCC. The zero-order valence-corrected chi connectivity index (χ0v) is 13.3. The van der Waals surface area contributed by atoms with Crippen LogP contribution < -0.4 is 0 Å². The molecule has 0 aliphatic heterocycles. The average Bonchev–Trinajstić information content (AvgIpc) is 2.35. The molecule has 0 spiro atoms. The van der Waals surface area contributed by atoms with Crippen molar-refractivity contribution in [1.82, 2.24) is 0 Å². The smallest absolute Gasteiger partial charge is 0.197 e. The van der Waals surface area contributed by atoms with E-state index in [0.29, 0.717) is 12.6 Å². The topological polar surface area (TPSA) is 35.5 Å². The Bertz CT molecular complexity index is 161. The van der Waals surface area contributed by atoms with Crippen molar-refractivity contribution in [3.8, 4) is 0 Å². The standard InChI is InChI=1S/C11H23O3PS2/c1-3-5-10-16-13-15(9-7-8-12)14-17-11-6-4-2/h8H,3-7,9-11H2,1-2H3. The monoisotopic (exact) mass is 298 g/mol. The summed E-state index contributed by atoms with van der Waals surface area (Å²) in [6, 6.07) is 0. The Morgan fingerprint density at radius 2 is 1.59 bits per heavy atom. The van der Waals surface area contributed by atoms with Gasteiger partial charge in [-0.2, -0.15) is 0 Å². The predicted octanol–water partition coefficient (Wildman–Crippen LogP) is 4.82. The lowest BCUT2D eigenvalue weighted by Gasteiger charge is -2.13. The van der Waals surface area contributed by atoms with Crippen LogP contribution in [0, 0.1) is 0 Å². The van der Waals surface area contributed by atoms with Gasteiger partial charge in [-0.25, -0.2) is 0 Å². The molecule has 0 radical (unpaired) electrons. The van der Waals surface area contributed by atoms with Gasteiger partial charge in [0.1, 0.15) is 6.29 Å². The van der Waals surface area contributed by atoms with Gasteiger partial charge < -0.3 is 4.79 Å². The first kappa shape index (κ1) is 17.7. The van der Waals surface area contributed by atoms with Gasteiger partial charge in [0.15, 0.2) is 8.38 Å². The molecule has 0 bridgehead atoms. The first-order valence-electron chi connectivity index (χ1n) is 6.15. The summed E-state index contributed by atoms with van der Waals surface area (Å²) in [6.45, 7) is 4.32. The molecule has 6 heteroatoms. The lowest BCUT2D eigenvalue weighted by molar-refractivity contribution is -0.107. The van der Waals surface area contributed by atoms with Crippen LogP contribution in [0.5, 0.6) is 0 Å². The average molecular weight is 298 g/mol. The van der Waals surface area contributed by atoms with Crippen LogP contribution in [0.1, 0.15) is 46.0 Å². The Morgan fingerprint density at radius 3 is 2.00 bits per heavy atom. The van der Waals surface area contributed by atoms with Crippen LogP contribution >= 0.6 is 32.5 Å². The fraction of sp³-hybridized carbons (Fsp3) is 0.909. The minimum absolute atomic E-state index is 0.522. The Balaban J connectivity index is 3.59. The van der Waals surface area contributed by atoms with Crippen molar-refractivity contribution < 1.29 is 12.7 Å². The molecule has 17 heavy (non-hydrogen) atoms. The van der Waals surface area contributed by atoms with Crippen LogP contribution in [0.3, 0.4) is 0 Å². The molecule has 0 unspecified atom stereocenters. The highest BCUT2D eigenvalue weighted by atomic mass is 32.2. The summed E-state index contributed by atoms with van der Waals surface area (Å²) in [6.07, 6.45) is 6.82. The Kier molecular flexibility index (Phi) is 15.4. The van der Waals surface area contributed by atoms with Crippen LogP contribution in [0.4, 0.5) is 0 Å². The second-order valence-corrected chi connectivity index (χ2v) is 7.10. The second kappa shape index (κ2) is 14.8. The summed E-state index contributed by atoms with van der Waals surface area (Å²) in [4.78, 5) is 10.3. The van der Waals surface area contributed by atoms with Crippen molar-refractivity contribution in [1.29, 1.82) is 0 Å². The van der Waals surface area contributed by atoms with Crippen molar-refractivity contribution in [3.05, 3.63) is 0 Å². The van der Waals surface area contributed by atoms with Crippen molar-refractivity contribution in [2.45, 2.75) is 46.0 Å². The molecular weight excluding hydrogens is 275 g/mol. The number of rotatable bonds is 13. The fourth-order valence-corrected chi connectivity index (χ4v) is 4.43. The molecule has 0 aromatic heterocycles. The lowest BCUT2D eigenvalue weighted by Crippen LogP contribution is -1.90. The van der Waals surface area contributed by atoms with Crippen molar-refractivity contribution >= 4 is 38.7 Å². The third-order valence-electron chi connectivity index (χ3n) is 1.86. The first-order valence-corrected chi connectivity index (χ1v) is 9.33. The molecule has 0 atom stereocenters. The maximum Gasteiger partial charge on any atom is 0.197 e. The van der Waals surface area contributed by atoms with Gasteiger partial charge in [-0.1, -0.05) is 26.7 Å². The summed E-state index contributed by atoms with van der Waals surface area (Å²) in [7, 11) is -0.905. The largest absolute Gasteiger partial charge is 0.303 e. The van der Waals surface area contributed by atoms with E-state index in [2.05, 4.69) is 13.8 Å². The molecule has 0 aromatic rings. The van der Waals surface area contributed by atoms with Gasteiger partial charge in [0.05, 0.1) is 0 Å². The minimum Gasteiger partial charge on any atom is -0.303 e. The van der Waals surface area contributed by atoms with E-state index in [9.17, 15) is 4.79 Å². The van der Waals surface area contributed by atoms with Gasteiger partial charge in [0.2, 0.25) is 0 Å². The molecule has 0 aliphatic rings. The van der Waals surface area contributed by atoms with Crippen LogP contribution in [-0.4, -0.2) is 24.0 Å². The molecule has 0 aromatic carbocycles. The Labute approximate surface area is 115 Å². The highest BCUT2D eigenvalue weighted by Gasteiger charge is 2.11. The van der Waals surface area contributed by atoms with E-state index < -0.39 is 8.38 Å². The zero-order chi connectivity index (χ0) is 12.8. The predicted molar refractivity (Wildman–Crippen MR) is 79.4 cm³/mol. The van der Waals surface area contributed by atoms with E-state index in [4.69, 9.17) is 7.94 Å². The van der Waals surface area contributed by atoms with Crippen molar-refractivity contribution in [2.24, 2.45) is 0 Å². The number of carbonyl (C=O) groups excluding carboxylic acids is 1. The zero-order valence-electron chi connectivity index (χ0n) is 10.7. The van der Waals surface area contributed by atoms with Gasteiger partial charge in [-0.15, -0.1) is 0 Å². The van der Waals surface area contributed by atoms with E-state index >= 15 is 0 Å². The summed E-state index contributed by atoms with van der Waals surface area (Å²) < 4.78 is 11.2. The fourth-order valence-electron chi connectivity index (χ4n) is 0.844. The van der Waals surface area contributed by atoms with Gasteiger partial charge in [-0.3, -0.25) is 7.94 Å². The molecule has 0 saturated heterocycles. The van der Waals surface area contributed by atoms with E-state index in [0.717, 1.165) is 30.6 Å². The molecule has 3 nitrogen and oxygen atoms in total. The minimum atomic E-state index is -0.905. The van der Waals surface area contributed by atoms with Crippen LogP contribution in [0.25, 0.3) is 0 Å². The maximum atomic E-state index is 10.3. The highest BCUT2D eigenvalue weighted by Crippen LogP contribution is 2.46. The third kappa shape index (κ3) is 13.0. The molecule has 0 fully saturated rings. The van der Waals surface area contributed by atoms with Crippen LogP contribution in [0.2, 0.25) is 0 Å². The number of hydrogen-bond donors (Lipinski definition) is 0. The molecule has 0 amide bonds. The van der Waals surface area contributed by atoms with E-state index in [1.165, 1.54) is 36.9 Å². The summed E-state index contributed by atoms with van der Waals surface area (Å²) in [5.41, 5.74) is 0. The Morgan fingerprint density at radius 1 is 1.06 bits per heavy atom. The van der Waals surface area contributed by atoms with Crippen molar-refractivity contribution in [3.63, 3.8) is 0 Å². The van der Waals surface area contributed by atoms with E-state index in [1.807, 2.05) is 0 Å². The molecular formula is C11H23O3PS2. The second-order valence-electron chi connectivity index (χ2n) is 3.51. The van der Waals surface area contributed by atoms with Gasteiger partial charge in [0, 0.05) is 24.1 Å². The molecule has 0 saturated carbocycles. The van der Waals surface area contributed by atoms with E-state index in [1.54, 1.807) is 0 Å². The highest BCUT2D eigenvalue weighted by molar-refractivity contribution is 8.01. The molecule has 0 aliphatic carbocycles. The first-order chi connectivity index (χ1) is 8.35. The van der Waals surface area contributed by atoms with Crippen LogP contribution in [0.15, 0.2) is 0 Å². The molecule has 0 heterocycles. The van der Waals surface area contributed by atoms with Crippen LogP contribution in [-0.2, 0) is 12.7 Å². The van der Waals surface area contributed by atoms with Gasteiger partial charge >= 0.3 is 0 Å². The van der Waals surface area contributed by atoms with Gasteiger partial charge in [0.25, 0.3) is 0 Å². The lowest BCUT2D eigenvalue weighted by atomic mass is 10.4. The quantitative estimate of drug-likeness (QED) is 0.211. The van der Waals surface area contributed by atoms with Crippen molar-refractivity contribution in [2.75, 3.05) is 17.7 Å². The number of unbranched alkanes of at least 4 members (excludes halogenated alkanes) is 2. The van der Waals surface area contributed by atoms with E-state index in [-0.39, 0.29) is 0 Å². The number of aldehydes is 1. The number of hydrogen-bond acceptors (Lipinski definition) is 5. The molecule has 0 rings (SSSR count). The summed E-state index contributed by atoms with van der Waals surface area (Å²) in [5.74, 6) is 2.00. The Hall–Kier alpha value is 0.720. The van der Waals surface area contributed by atoms with Gasteiger partial charge in [-0.05, 0) is 36.9 Å². The summed E-state index contributed by atoms with van der Waals surface area (Å²) >= 11 is 2.95. The molecule has 0 N–H and O–H groups in total. The third-order valence-corrected chi connectivity index (χ3v) is 5.57. The number of carbonyl (C=O) groups is 1. The summed E-state index contributed by atoms with van der Waals surface area (Å²) in [5, 5.41) is 0. The molecule has 102 valence electrons.